The minimum Gasteiger partial charge on any atom is -0.301 e. The molecular formula is C28H20N2S2. The maximum Gasteiger partial charge on any atom is 0.0999 e. The molecular weight excluding hydrogens is 428 g/mol. The summed E-state index contributed by atoms with van der Waals surface area (Å²) in [6.07, 6.45) is 0. The molecule has 0 N–H and O–H groups in total. The highest BCUT2D eigenvalue weighted by Crippen LogP contribution is 2.41. The first-order valence-corrected chi connectivity index (χ1v) is 12.5. The highest BCUT2D eigenvalue weighted by molar-refractivity contribution is 7.12. The van der Waals surface area contributed by atoms with E-state index < -0.39 is 0 Å². The molecule has 2 nitrogen and oxygen atoms in total. The number of aryl methyl sites for hydroxylation is 2. The zero-order valence-electron chi connectivity index (χ0n) is 17.8. The fraction of sp³-hybridized carbons (Fsp3) is 0.0714. The first-order valence-electron chi connectivity index (χ1n) is 10.8. The number of thiophene rings is 2. The highest BCUT2D eigenvalue weighted by atomic mass is 32.1. The molecule has 4 heterocycles. The van der Waals surface area contributed by atoms with Crippen LogP contribution in [-0.2, 0) is 0 Å². The Morgan fingerprint density at radius 3 is 1.34 bits per heavy atom. The SMILES string of the molecule is Cc1ccc2c(c1)c1cc3c(cc1n2-c1cccs1)c1cc(C)ccc1n3-c1cccs1. The van der Waals surface area contributed by atoms with Crippen LogP contribution >= 0.6 is 22.7 Å². The molecule has 4 heteroatoms. The van der Waals surface area contributed by atoms with Gasteiger partial charge in [0, 0.05) is 21.5 Å². The summed E-state index contributed by atoms with van der Waals surface area (Å²) in [7, 11) is 0. The lowest BCUT2D eigenvalue weighted by Crippen LogP contribution is -1.91. The van der Waals surface area contributed by atoms with E-state index in [1.807, 2.05) is 0 Å². The Hall–Kier alpha value is -3.34. The van der Waals surface area contributed by atoms with Gasteiger partial charge in [-0.05, 0) is 85.3 Å². The van der Waals surface area contributed by atoms with Crippen LogP contribution in [0.15, 0.2) is 83.6 Å². The fourth-order valence-corrected chi connectivity index (χ4v) is 6.54. The van der Waals surface area contributed by atoms with Gasteiger partial charge in [-0.15, -0.1) is 22.7 Å². The van der Waals surface area contributed by atoms with Crippen molar-refractivity contribution in [3.05, 3.63) is 94.7 Å². The molecule has 7 rings (SSSR count). The van der Waals surface area contributed by atoms with Crippen LogP contribution in [0, 0.1) is 13.8 Å². The van der Waals surface area contributed by atoms with Gasteiger partial charge in [0.25, 0.3) is 0 Å². The summed E-state index contributed by atoms with van der Waals surface area (Å²) >= 11 is 3.58. The number of hydrogen-bond donors (Lipinski definition) is 0. The van der Waals surface area contributed by atoms with Crippen molar-refractivity contribution in [2.45, 2.75) is 13.8 Å². The molecule has 0 aliphatic rings. The van der Waals surface area contributed by atoms with E-state index in [2.05, 4.69) is 107 Å². The van der Waals surface area contributed by atoms with Gasteiger partial charge in [0.2, 0.25) is 0 Å². The van der Waals surface area contributed by atoms with Crippen LogP contribution in [0.1, 0.15) is 11.1 Å². The zero-order chi connectivity index (χ0) is 21.4. The van der Waals surface area contributed by atoms with Gasteiger partial charge in [0.1, 0.15) is 0 Å². The van der Waals surface area contributed by atoms with E-state index in [0.29, 0.717) is 0 Å². The molecule has 0 unspecified atom stereocenters. The molecule has 0 aliphatic carbocycles. The number of hydrogen-bond acceptors (Lipinski definition) is 2. The van der Waals surface area contributed by atoms with Gasteiger partial charge < -0.3 is 9.13 Å². The van der Waals surface area contributed by atoms with E-state index >= 15 is 0 Å². The number of nitrogens with zero attached hydrogens (tertiary/aromatic N) is 2. The van der Waals surface area contributed by atoms with Gasteiger partial charge in [0.15, 0.2) is 0 Å². The third-order valence-corrected chi connectivity index (χ3v) is 8.12. The average Bonchev–Trinajstić information content (AvgIpc) is 3.57. The van der Waals surface area contributed by atoms with Crippen molar-refractivity contribution in [2.24, 2.45) is 0 Å². The molecule has 0 atom stereocenters. The third kappa shape index (κ3) is 2.45. The predicted molar refractivity (Wildman–Crippen MR) is 140 cm³/mol. The van der Waals surface area contributed by atoms with Gasteiger partial charge in [-0.3, -0.25) is 0 Å². The van der Waals surface area contributed by atoms with Crippen LogP contribution < -0.4 is 0 Å². The molecule has 0 saturated carbocycles. The van der Waals surface area contributed by atoms with E-state index in [4.69, 9.17) is 0 Å². The monoisotopic (exact) mass is 448 g/mol. The summed E-state index contributed by atoms with van der Waals surface area (Å²) in [4.78, 5) is 0. The lowest BCUT2D eigenvalue weighted by Gasteiger charge is -2.06. The van der Waals surface area contributed by atoms with E-state index in [9.17, 15) is 0 Å². The highest BCUT2D eigenvalue weighted by Gasteiger charge is 2.19. The van der Waals surface area contributed by atoms with Crippen LogP contribution in [0.3, 0.4) is 0 Å². The smallest absolute Gasteiger partial charge is 0.0999 e. The Labute approximate surface area is 193 Å². The Bertz CT molecular complexity index is 1640. The average molecular weight is 449 g/mol. The molecule has 0 amide bonds. The van der Waals surface area contributed by atoms with Gasteiger partial charge in [-0.1, -0.05) is 23.3 Å². The van der Waals surface area contributed by atoms with Crippen molar-refractivity contribution < 1.29 is 0 Å². The minimum absolute atomic E-state index is 1.26. The molecule has 32 heavy (non-hydrogen) atoms. The van der Waals surface area contributed by atoms with Crippen LogP contribution in [-0.4, -0.2) is 9.13 Å². The summed E-state index contributed by atoms with van der Waals surface area (Å²) in [6.45, 7) is 4.36. The summed E-state index contributed by atoms with van der Waals surface area (Å²) in [5.74, 6) is 0. The predicted octanol–water partition coefficient (Wildman–Crippen LogP) is 8.62. The molecule has 0 spiro atoms. The number of fused-ring (bicyclic) bond motifs is 6. The Balaban J connectivity index is 1.73. The summed E-state index contributed by atoms with van der Waals surface area (Å²) in [5.41, 5.74) is 7.65. The minimum atomic E-state index is 1.26. The van der Waals surface area contributed by atoms with Crippen LogP contribution in [0.4, 0.5) is 0 Å². The number of benzene rings is 3. The van der Waals surface area contributed by atoms with Crippen LogP contribution in [0.25, 0.3) is 53.6 Å². The topological polar surface area (TPSA) is 9.86 Å². The third-order valence-electron chi connectivity index (χ3n) is 6.42. The lowest BCUT2D eigenvalue weighted by atomic mass is 10.1. The molecule has 0 aliphatic heterocycles. The quantitative estimate of drug-likeness (QED) is 0.250. The van der Waals surface area contributed by atoms with Gasteiger partial charge in [0.05, 0.1) is 32.1 Å². The summed E-state index contributed by atoms with van der Waals surface area (Å²) in [5, 5.41) is 12.1. The van der Waals surface area contributed by atoms with Crippen molar-refractivity contribution in [2.75, 3.05) is 0 Å². The maximum absolute atomic E-state index is 2.43. The van der Waals surface area contributed by atoms with Crippen molar-refractivity contribution in [3.63, 3.8) is 0 Å². The molecule has 0 fully saturated rings. The van der Waals surface area contributed by atoms with Crippen molar-refractivity contribution >= 4 is 66.3 Å². The fourth-order valence-electron chi connectivity index (χ4n) is 5.03. The van der Waals surface area contributed by atoms with E-state index in [-0.39, 0.29) is 0 Å². The molecule has 7 aromatic rings. The number of rotatable bonds is 2. The van der Waals surface area contributed by atoms with Crippen molar-refractivity contribution in [1.29, 1.82) is 0 Å². The Kier molecular flexibility index (Phi) is 3.75. The van der Waals surface area contributed by atoms with E-state index in [1.54, 1.807) is 22.7 Å². The molecule has 3 aromatic carbocycles. The van der Waals surface area contributed by atoms with Gasteiger partial charge in [-0.2, -0.15) is 0 Å². The number of aromatic nitrogens is 2. The Morgan fingerprint density at radius 1 is 0.500 bits per heavy atom. The standard InChI is InChI=1S/C28H20N2S2/c1-17-7-9-23-19(13-17)21-15-26-22(16-25(21)29(23)27-5-3-11-31-27)20-14-18(2)8-10-24(20)30(26)28-6-4-12-32-28/h3-16H,1-2H3. The van der Waals surface area contributed by atoms with Crippen LogP contribution in [0.5, 0.6) is 0 Å². The maximum atomic E-state index is 2.43. The molecule has 0 bridgehead atoms. The largest absolute Gasteiger partial charge is 0.301 e. The molecule has 0 radical (unpaired) electrons. The van der Waals surface area contributed by atoms with Gasteiger partial charge >= 0.3 is 0 Å². The summed E-state index contributed by atoms with van der Waals surface area (Å²) < 4.78 is 4.86. The first-order chi connectivity index (χ1) is 15.7. The second-order valence-corrected chi connectivity index (χ2v) is 10.4. The van der Waals surface area contributed by atoms with E-state index in [0.717, 1.165) is 0 Å². The summed E-state index contributed by atoms with van der Waals surface area (Å²) in [6, 6.07) is 27.1. The lowest BCUT2D eigenvalue weighted by molar-refractivity contribution is 1.21. The second kappa shape index (κ2) is 6.58. The molecule has 4 aromatic heterocycles. The normalized spacial score (nSPS) is 12.1. The molecule has 0 saturated heterocycles. The first kappa shape index (κ1) is 18.3. The van der Waals surface area contributed by atoms with Gasteiger partial charge in [-0.25, -0.2) is 0 Å². The van der Waals surface area contributed by atoms with E-state index in [1.165, 1.54) is 64.7 Å². The Morgan fingerprint density at radius 2 is 0.938 bits per heavy atom. The molecule has 154 valence electrons. The van der Waals surface area contributed by atoms with Crippen molar-refractivity contribution in [1.82, 2.24) is 9.13 Å². The van der Waals surface area contributed by atoms with Crippen LogP contribution in [0.2, 0.25) is 0 Å². The van der Waals surface area contributed by atoms with Crippen molar-refractivity contribution in [3.8, 4) is 10.0 Å². The second-order valence-electron chi connectivity index (χ2n) is 8.50. The zero-order valence-corrected chi connectivity index (χ0v) is 19.4.